The number of hydrogen-bond acceptors (Lipinski definition) is 6. The number of nitrogens with one attached hydrogen (secondary N) is 4. The summed E-state index contributed by atoms with van der Waals surface area (Å²) in [6.07, 6.45) is 4.02. The summed E-state index contributed by atoms with van der Waals surface area (Å²) in [7, 11) is 0. The van der Waals surface area contributed by atoms with Crippen molar-refractivity contribution < 1.29 is 14.4 Å². The highest BCUT2D eigenvalue weighted by molar-refractivity contribution is 7.15. The quantitative estimate of drug-likeness (QED) is 0.587. The molecule has 1 aromatic carbocycles. The predicted octanol–water partition coefficient (Wildman–Crippen LogP) is 1.92. The minimum atomic E-state index is -1.13. The second-order valence-electron chi connectivity index (χ2n) is 7.16. The number of anilines is 1. The number of piperidine rings is 1. The van der Waals surface area contributed by atoms with Crippen molar-refractivity contribution in [2.45, 2.75) is 31.2 Å². The lowest BCUT2D eigenvalue weighted by Gasteiger charge is -2.21. The zero-order valence-corrected chi connectivity index (χ0v) is 16.2. The highest BCUT2D eigenvalue weighted by Gasteiger charge is 2.43. The van der Waals surface area contributed by atoms with Gasteiger partial charge in [0.15, 0.2) is 5.13 Å². The van der Waals surface area contributed by atoms with Crippen LogP contribution in [0.1, 0.15) is 46.5 Å². The van der Waals surface area contributed by atoms with E-state index in [2.05, 4.69) is 26.3 Å². The van der Waals surface area contributed by atoms with Crippen LogP contribution in [-0.2, 0) is 10.3 Å². The Morgan fingerprint density at radius 1 is 1.21 bits per heavy atom. The molecule has 146 valence electrons. The Bertz CT molecular complexity index is 920. The number of hydrogen-bond donors (Lipinski definition) is 4. The molecule has 0 bridgehead atoms. The zero-order chi connectivity index (χ0) is 19.7. The molecule has 4 N–H and O–H groups in total. The van der Waals surface area contributed by atoms with Crippen molar-refractivity contribution in [2.24, 2.45) is 0 Å². The van der Waals surface area contributed by atoms with Gasteiger partial charge in [0, 0.05) is 16.6 Å². The van der Waals surface area contributed by atoms with Crippen LogP contribution in [0.15, 0.2) is 30.5 Å². The third-order valence-corrected chi connectivity index (χ3v) is 6.33. The first-order valence-corrected chi connectivity index (χ1v) is 9.99. The molecule has 2 saturated heterocycles. The number of benzene rings is 1. The Labute approximate surface area is 166 Å². The molecule has 28 heavy (non-hydrogen) atoms. The van der Waals surface area contributed by atoms with Crippen molar-refractivity contribution >= 4 is 34.3 Å². The fourth-order valence-corrected chi connectivity index (χ4v) is 4.49. The molecule has 3 heterocycles. The Hall–Kier alpha value is -2.78. The van der Waals surface area contributed by atoms with Gasteiger partial charge < -0.3 is 10.6 Å². The number of thiazole rings is 1. The smallest absolute Gasteiger partial charge is 0.320 e. The molecule has 8 nitrogen and oxygen atoms in total. The molecule has 4 amide bonds. The van der Waals surface area contributed by atoms with Gasteiger partial charge in [-0.25, -0.2) is 9.78 Å². The molecule has 0 spiro atoms. The number of imide groups is 1. The van der Waals surface area contributed by atoms with Gasteiger partial charge in [0.2, 0.25) is 0 Å². The van der Waals surface area contributed by atoms with Crippen LogP contribution in [0.3, 0.4) is 0 Å². The number of aromatic nitrogens is 1. The van der Waals surface area contributed by atoms with Crippen molar-refractivity contribution in [3.8, 4) is 0 Å². The van der Waals surface area contributed by atoms with Gasteiger partial charge in [0.05, 0.1) is 0 Å². The van der Waals surface area contributed by atoms with Gasteiger partial charge >= 0.3 is 6.03 Å². The molecule has 1 atom stereocenters. The highest BCUT2D eigenvalue weighted by Crippen LogP contribution is 2.32. The van der Waals surface area contributed by atoms with Crippen molar-refractivity contribution in [3.05, 3.63) is 46.5 Å². The average molecular weight is 399 g/mol. The highest BCUT2D eigenvalue weighted by atomic mass is 32.1. The SMILES string of the molecule is CC1(c2ccc(C(=O)Nc3ncc(C4CCNCC4)s3)cc2)NC(=O)NC1=O. The lowest BCUT2D eigenvalue weighted by Crippen LogP contribution is -2.40. The van der Waals surface area contributed by atoms with E-state index in [1.807, 2.05) is 6.20 Å². The molecular weight excluding hydrogens is 378 g/mol. The first-order valence-electron chi connectivity index (χ1n) is 9.17. The Morgan fingerprint density at radius 3 is 2.57 bits per heavy atom. The number of rotatable bonds is 4. The maximum Gasteiger partial charge on any atom is 0.322 e. The van der Waals surface area contributed by atoms with Crippen molar-refractivity contribution in [3.63, 3.8) is 0 Å². The number of nitrogens with zero attached hydrogens (tertiary/aromatic N) is 1. The van der Waals surface area contributed by atoms with Crippen LogP contribution < -0.4 is 21.3 Å². The minimum absolute atomic E-state index is 0.261. The van der Waals surface area contributed by atoms with E-state index in [0.29, 0.717) is 22.2 Å². The fraction of sp³-hybridized carbons (Fsp3) is 0.368. The maximum absolute atomic E-state index is 12.5. The second-order valence-corrected chi connectivity index (χ2v) is 8.22. The van der Waals surface area contributed by atoms with Gasteiger partial charge in [-0.15, -0.1) is 11.3 Å². The summed E-state index contributed by atoms with van der Waals surface area (Å²) < 4.78 is 0. The first-order chi connectivity index (χ1) is 13.5. The molecule has 2 aromatic rings. The molecule has 9 heteroatoms. The topological polar surface area (TPSA) is 112 Å². The Balaban J connectivity index is 1.43. The Morgan fingerprint density at radius 2 is 1.93 bits per heavy atom. The van der Waals surface area contributed by atoms with Gasteiger partial charge in [0.25, 0.3) is 11.8 Å². The molecule has 1 aromatic heterocycles. The number of amides is 4. The van der Waals surface area contributed by atoms with Crippen LogP contribution in [0.5, 0.6) is 0 Å². The molecule has 2 aliphatic rings. The largest absolute Gasteiger partial charge is 0.322 e. The number of carbonyl (C=O) groups excluding carboxylic acids is 3. The third-order valence-electron chi connectivity index (χ3n) is 5.25. The average Bonchev–Trinajstić information content (AvgIpc) is 3.27. The zero-order valence-electron chi connectivity index (χ0n) is 15.4. The maximum atomic E-state index is 12.5. The van der Waals surface area contributed by atoms with Gasteiger partial charge in [-0.2, -0.15) is 0 Å². The summed E-state index contributed by atoms with van der Waals surface area (Å²) >= 11 is 1.51. The van der Waals surface area contributed by atoms with E-state index in [4.69, 9.17) is 0 Å². The van der Waals surface area contributed by atoms with Crippen LogP contribution in [-0.4, -0.2) is 35.9 Å². The molecule has 1 unspecified atom stereocenters. The van der Waals surface area contributed by atoms with Crippen molar-refractivity contribution in [2.75, 3.05) is 18.4 Å². The summed E-state index contributed by atoms with van der Waals surface area (Å²) in [5, 5.41) is 11.6. The molecule has 2 aliphatic heterocycles. The van der Waals surface area contributed by atoms with E-state index in [0.717, 1.165) is 25.9 Å². The summed E-state index contributed by atoms with van der Waals surface area (Å²) in [5.74, 6) is -0.178. The van der Waals surface area contributed by atoms with Crippen LogP contribution in [0.25, 0.3) is 0 Å². The first kappa shape index (κ1) is 18.6. The van der Waals surface area contributed by atoms with Crippen LogP contribution >= 0.6 is 11.3 Å². The van der Waals surface area contributed by atoms with Crippen molar-refractivity contribution in [1.29, 1.82) is 0 Å². The van der Waals surface area contributed by atoms with E-state index in [1.165, 1.54) is 16.2 Å². The van der Waals surface area contributed by atoms with Gasteiger partial charge in [0.1, 0.15) is 5.54 Å². The van der Waals surface area contributed by atoms with E-state index in [9.17, 15) is 14.4 Å². The summed E-state index contributed by atoms with van der Waals surface area (Å²) in [6.45, 7) is 3.64. The standard InChI is InChI=1S/C19H21N5O3S/c1-19(16(26)23-17(27)24-19)13-4-2-12(3-5-13)15(25)22-18-21-10-14(28-18)11-6-8-20-9-7-11/h2-5,10-11,20H,6-9H2,1H3,(H,21,22,25)(H2,23,24,26,27). The molecule has 4 rings (SSSR count). The van der Waals surface area contributed by atoms with Gasteiger partial charge in [-0.05, 0) is 56.5 Å². The van der Waals surface area contributed by atoms with Crippen LogP contribution in [0.4, 0.5) is 9.93 Å². The van der Waals surface area contributed by atoms with Gasteiger partial charge in [-0.3, -0.25) is 20.2 Å². The van der Waals surface area contributed by atoms with E-state index in [1.54, 1.807) is 31.2 Å². The summed E-state index contributed by atoms with van der Waals surface area (Å²) in [6, 6.07) is 6.08. The number of urea groups is 1. The van der Waals surface area contributed by atoms with Crippen molar-refractivity contribution in [1.82, 2.24) is 20.9 Å². The lowest BCUT2D eigenvalue weighted by molar-refractivity contribution is -0.123. The molecule has 2 fully saturated rings. The molecule has 0 radical (unpaired) electrons. The van der Waals surface area contributed by atoms with E-state index >= 15 is 0 Å². The second kappa shape index (κ2) is 7.33. The lowest BCUT2D eigenvalue weighted by atomic mass is 9.91. The van der Waals surface area contributed by atoms with E-state index in [-0.39, 0.29) is 5.91 Å². The molecule has 0 aliphatic carbocycles. The Kier molecular flexibility index (Phi) is 4.86. The summed E-state index contributed by atoms with van der Waals surface area (Å²) in [4.78, 5) is 41.5. The van der Waals surface area contributed by atoms with Gasteiger partial charge in [-0.1, -0.05) is 12.1 Å². The predicted molar refractivity (Wildman–Crippen MR) is 105 cm³/mol. The summed E-state index contributed by atoms with van der Waals surface area (Å²) in [5.41, 5.74) is -0.0731. The van der Waals surface area contributed by atoms with E-state index < -0.39 is 17.5 Å². The monoisotopic (exact) mass is 399 g/mol. The number of carbonyl (C=O) groups is 3. The fourth-order valence-electron chi connectivity index (χ4n) is 3.51. The molecular formula is C19H21N5O3S. The van der Waals surface area contributed by atoms with Crippen LogP contribution in [0.2, 0.25) is 0 Å². The normalized spacial score (nSPS) is 22.6. The molecule has 0 saturated carbocycles. The minimum Gasteiger partial charge on any atom is -0.320 e. The van der Waals surface area contributed by atoms with Crippen LogP contribution in [0, 0.1) is 0 Å². The third kappa shape index (κ3) is 3.50.